The standard InChI is InChI=1S/C30H22N4O2/c1-3-15-33-29(35)26(20(2)27(18-31)30(33)36)17-24-19-34(25-11-5-4-6-12-25)32-28(24)23-14-13-21-9-7-8-10-22(21)16-23/h3-14,16-17,19H,1,15H2,2H3/b26-17+. The van der Waals surface area contributed by atoms with E-state index >= 15 is 0 Å². The van der Waals surface area contributed by atoms with Crippen LogP contribution in [0.15, 0.2) is 108 Å². The lowest BCUT2D eigenvalue weighted by Gasteiger charge is -2.26. The van der Waals surface area contributed by atoms with Gasteiger partial charge in [0.2, 0.25) is 0 Å². The maximum atomic E-state index is 13.3. The summed E-state index contributed by atoms with van der Waals surface area (Å²) in [6, 6.07) is 25.8. The van der Waals surface area contributed by atoms with Gasteiger partial charge >= 0.3 is 0 Å². The van der Waals surface area contributed by atoms with Gasteiger partial charge in [-0.2, -0.15) is 10.4 Å². The summed E-state index contributed by atoms with van der Waals surface area (Å²) in [5.41, 5.74) is 3.72. The highest BCUT2D eigenvalue weighted by atomic mass is 16.2. The van der Waals surface area contributed by atoms with Gasteiger partial charge in [-0.05, 0) is 47.5 Å². The van der Waals surface area contributed by atoms with Gasteiger partial charge in [0, 0.05) is 29.4 Å². The molecule has 2 amide bonds. The molecule has 2 heterocycles. The van der Waals surface area contributed by atoms with Crippen molar-refractivity contribution in [2.75, 3.05) is 6.54 Å². The number of nitriles is 1. The number of nitrogens with zero attached hydrogens (tertiary/aromatic N) is 4. The molecule has 0 bridgehead atoms. The summed E-state index contributed by atoms with van der Waals surface area (Å²) in [6.45, 7) is 5.29. The molecule has 6 nitrogen and oxygen atoms in total. The molecule has 174 valence electrons. The van der Waals surface area contributed by atoms with Crippen LogP contribution >= 0.6 is 0 Å². The molecule has 0 radical (unpaired) electrons. The van der Waals surface area contributed by atoms with Crippen LogP contribution in [0.4, 0.5) is 0 Å². The van der Waals surface area contributed by atoms with E-state index in [0.717, 1.165) is 26.9 Å². The number of carbonyl (C=O) groups excluding carboxylic acids is 2. The topological polar surface area (TPSA) is 79.0 Å². The average molecular weight is 471 g/mol. The Labute approximate surface area is 208 Å². The fraction of sp³-hybridized carbons (Fsp3) is 0.0667. The second kappa shape index (κ2) is 9.32. The average Bonchev–Trinajstić information content (AvgIpc) is 3.33. The number of aromatic nitrogens is 2. The SMILES string of the molecule is C=CCN1C(=O)C(C#N)=C(C)/C(=C\c2cn(-c3ccccc3)nc2-c2ccc3ccccc3c2)C1=O. The molecule has 0 saturated heterocycles. The Morgan fingerprint density at radius 1 is 0.972 bits per heavy atom. The highest BCUT2D eigenvalue weighted by Gasteiger charge is 2.35. The third-order valence-electron chi connectivity index (χ3n) is 6.22. The van der Waals surface area contributed by atoms with Gasteiger partial charge in [0.1, 0.15) is 11.6 Å². The molecule has 3 aromatic carbocycles. The zero-order valence-electron chi connectivity index (χ0n) is 19.7. The quantitative estimate of drug-likeness (QED) is 0.220. The number of fused-ring (bicyclic) bond motifs is 1. The molecule has 0 unspecified atom stereocenters. The number of para-hydroxylation sites is 1. The fourth-order valence-corrected chi connectivity index (χ4v) is 4.35. The van der Waals surface area contributed by atoms with Gasteiger partial charge in [-0.15, -0.1) is 6.58 Å². The summed E-state index contributed by atoms with van der Waals surface area (Å²) in [5, 5.41) is 16.7. The van der Waals surface area contributed by atoms with Crippen LogP contribution in [0.3, 0.4) is 0 Å². The number of amides is 2. The maximum Gasteiger partial charge on any atom is 0.271 e. The molecule has 1 aliphatic heterocycles. The normalized spacial score (nSPS) is 15.0. The van der Waals surface area contributed by atoms with Gasteiger partial charge in [-0.25, -0.2) is 4.68 Å². The van der Waals surface area contributed by atoms with Crippen molar-refractivity contribution in [2.45, 2.75) is 6.92 Å². The fourth-order valence-electron chi connectivity index (χ4n) is 4.35. The zero-order valence-corrected chi connectivity index (χ0v) is 19.7. The molecule has 4 aromatic rings. The first-order valence-corrected chi connectivity index (χ1v) is 11.5. The third kappa shape index (κ3) is 3.93. The molecular weight excluding hydrogens is 448 g/mol. The minimum absolute atomic E-state index is 0.0221. The molecule has 1 aliphatic rings. The van der Waals surface area contributed by atoms with Crippen LogP contribution in [0.2, 0.25) is 0 Å². The summed E-state index contributed by atoms with van der Waals surface area (Å²) >= 11 is 0. The Balaban J connectivity index is 1.73. The first-order chi connectivity index (χ1) is 17.5. The molecule has 0 N–H and O–H groups in total. The number of hydrogen-bond acceptors (Lipinski definition) is 4. The lowest BCUT2D eigenvalue weighted by molar-refractivity contribution is -0.139. The maximum absolute atomic E-state index is 13.3. The molecule has 6 heteroatoms. The molecule has 0 saturated carbocycles. The molecule has 0 spiro atoms. The van der Waals surface area contributed by atoms with Gasteiger partial charge < -0.3 is 0 Å². The van der Waals surface area contributed by atoms with E-state index in [1.807, 2.05) is 79.0 Å². The van der Waals surface area contributed by atoms with E-state index in [1.165, 1.54) is 6.08 Å². The number of hydrogen-bond donors (Lipinski definition) is 0. The van der Waals surface area contributed by atoms with E-state index in [1.54, 1.807) is 17.7 Å². The van der Waals surface area contributed by atoms with Gasteiger partial charge in [0.15, 0.2) is 0 Å². The molecule has 1 aromatic heterocycles. The molecule has 0 aliphatic carbocycles. The second-order valence-corrected chi connectivity index (χ2v) is 8.45. The highest BCUT2D eigenvalue weighted by Crippen LogP contribution is 2.32. The predicted molar refractivity (Wildman–Crippen MR) is 140 cm³/mol. The first-order valence-electron chi connectivity index (χ1n) is 11.5. The van der Waals surface area contributed by atoms with Crippen molar-refractivity contribution in [3.05, 3.63) is 114 Å². The van der Waals surface area contributed by atoms with Crippen LogP contribution < -0.4 is 0 Å². The Hall–Kier alpha value is -5.02. The molecule has 0 fully saturated rings. The van der Waals surface area contributed by atoms with E-state index in [-0.39, 0.29) is 17.7 Å². The minimum Gasteiger partial charge on any atom is -0.270 e. The lowest BCUT2D eigenvalue weighted by atomic mass is 9.93. The molecule has 36 heavy (non-hydrogen) atoms. The largest absolute Gasteiger partial charge is 0.271 e. The van der Waals surface area contributed by atoms with E-state index in [2.05, 4.69) is 12.6 Å². The van der Waals surface area contributed by atoms with E-state index in [0.29, 0.717) is 16.8 Å². The van der Waals surface area contributed by atoms with Crippen molar-refractivity contribution in [2.24, 2.45) is 0 Å². The summed E-state index contributed by atoms with van der Waals surface area (Å²) < 4.78 is 1.77. The van der Waals surface area contributed by atoms with Gasteiger partial charge in [-0.1, -0.05) is 60.7 Å². The van der Waals surface area contributed by atoms with Crippen LogP contribution in [-0.4, -0.2) is 33.0 Å². The van der Waals surface area contributed by atoms with Crippen molar-refractivity contribution in [3.63, 3.8) is 0 Å². The summed E-state index contributed by atoms with van der Waals surface area (Å²) in [4.78, 5) is 27.1. The highest BCUT2D eigenvalue weighted by molar-refractivity contribution is 6.20. The smallest absolute Gasteiger partial charge is 0.270 e. The molecule has 5 rings (SSSR count). The molecule has 0 atom stereocenters. The Kier molecular flexibility index (Phi) is 5.89. The van der Waals surface area contributed by atoms with Crippen LogP contribution in [-0.2, 0) is 9.59 Å². The van der Waals surface area contributed by atoms with E-state index in [9.17, 15) is 14.9 Å². The van der Waals surface area contributed by atoms with E-state index in [4.69, 9.17) is 5.10 Å². The van der Waals surface area contributed by atoms with Crippen LogP contribution in [0, 0.1) is 11.3 Å². The monoisotopic (exact) mass is 470 g/mol. The van der Waals surface area contributed by atoms with Crippen LogP contribution in [0.5, 0.6) is 0 Å². The Morgan fingerprint density at radius 3 is 2.42 bits per heavy atom. The number of carbonyl (C=O) groups is 2. The molecular formula is C30H22N4O2. The number of imide groups is 1. The Morgan fingerprint density at radius 2 is 1.69 bits per heavy atom. The van der Waals surface area contributed by atoms with Crippen molar-refractivity contribution >= 4 is 28.7 Å². The van der Waals surface area contributed by atoms with Crippen molar-refractivity contribution in [1.29, 1.82) is 5.26 Å². The minimum atomic E-state index is -0.605. The van der Waals surface area contributed by atoms with Crippen molar-refractivity contribution in [3.8, 4) is 23.0 Å². The van der Waals surface area contributed by atoms with Crippen molar-refractivity contribution in [1.82, 2.24) is 14.7 Å². The van der Waals surface area contributed by atoms with Crippen molar-refractivity contribution < 1.29 is 9.59 Å². The number of rotatable bonds is 5. The first kappa shape index (κ1) is 22.8. The second-order valence-electron chi connectivity index (χ2n) is 8.45. The summed E-state index contributed by atoms with van der Waals surface area (Å²) in [6.07, 6.45) is 5.04. The van der Waals surface area contributed by atoms with Gasteiger partial charge in [-0.3, -0.25) is 14.5 Å². The van der Waals surface area contributed by atoms with Crippen LogP contribution in [0.1, 0.15) is 12.5 Å². The zero-order chi connectivity index (χ0) is 25.2. The number of benzene rings is 3. The van der Waals surface area contributed by atoms with Gasteiger partial charge in [0.05, 0.1) is 11.4 Å². The summed E-state index contributed by atoms with van der Waals surface area (Å²) in [7, 11) is 0. The van der Waals surface area contributed by atoms with Gasteiger partial charge in [0.25, 0.3) is 11.8 Å². The van der Waals surface area contributed by atoms with Crippen LogP contribution in [0.25, 0.3) is 33.8 Å². The van der Waals surface area contributed by atoms with E-state index < -0.39 is 11.8 Å². The lowest BCUT2D eigenvalue weighted by Crippen LogP contribution is -2.42. The Bertz CT molecular complexity index is 1630. The summed E-state index contributed by atoms with van der Waals surface area (Å²) in [5.74, 6) is -1.07. The third-order valence-corrected chi connectivity index (χ3v) is 6.22. The predicted octanol–water partition coefficient (Wildman–Crippen LogP) is 5.47.